The zero-order valence-corrected chi connectivity index (χ0v) is 50.8. The second-order valence-electron chi connectivity index (χ2n) is 22.4. The zero-order valence-electron chi connectivity index (χ0n) is 50.8. The number of rotatable bonds is 61. The Labute approximate surface area is 472 Å². The second kappa shape index (κ2) is 64.6. The maximum atomic E-state index is 12.8. The summed E-state index contributed by atoms with van der Waals surface area (Å²) in [5, 5.41) is 0. The first-order chi connectivity index (χ1) is 37.5. The van der Waals surface area contributed by atoms with Crippen molar-refractivity contribution < 1.29 is 28.6 Å². The molecule has 0 aliphatic rings. The summed E-state index contributed by atoms with van der Waals surface area (Å²) in [5.74, 6) is -0.915. The molecule has 442 valence electrons. The Hall–Kier alpha value is -2.89. The van der Waals surface area contributed by atoms with Crippen LogP contribution in [0.3, 0.4) is 0 Å². The minimum atomic E-state index is -0.792. The van der Waals surface area contributed by atoms with Crippen molar-refractivity contribution in [1.82, 2.24) is 0 Å². The van der Waals surface area contributed by atoms with Crippen LogP contribution in [0, 0.1) is 0 Å². The first-order valence-corrected chi connectivity index (χ1v) is 33.3. The maximum absolute atomic E-state index is 12.8. The summed E-state index contributed by atoms with van der Waals surface area (Å²) in [6, 6.07) is 0. The highest BCUT2D eigenvalue weighted by Crippen LogP contribution is 2.18. The summed E-state index contributed by atoms with van der Waals surface area (Å²) in [5.41, 5.74) is 0. The van der Waals surface area contributed by atoms with Gasteiger partial charge in [0.15, 0.2) is 6.10 Å². The Morgan fingerprint density at radius 2 is 0.513 bits per heavy atom. The highest BCUT2D eigenvalue weighted by molar-refractivity contribution is 5.71. The molecule has 76 heavy (non-hydrogen) atoms. The van der Waals surface area contributed by atoms with Gasteiger partial charge in [-0.2, -0.15) is 0 Å². The SMILES string of the molecule is CC/C=C\C/C=C\C/C=C\C/C=C\CCCCC(=O)OC(COC(=O)CCCCCCCCCCCC)COC(=O)CCCCCCCCCCCCCCCCCCCCCCC/C=C\CCCCCCCCCC. The van der Waals surface area contributed by atoms with Gasteiger partial charge in [-0.05, 0) is 83.5 Å². The summed E-state index contributed by atoms with van der Waals surface area (Å²) in [4.78, 5) is 38.1. The van der Waals surface area contributed by atoms with Gasteiger partial charge in [-0.3, -0.25) is 14.4 Å². The Kier molecular flexibility index (Phi) is 62.2. The Morgan fingerprint density at radius 3 is 0.842 bits per heavy atom. The van der Waals surface area contributed by atoms with E-state index in [0.29, 0.717) is 19.3 Å². The van der Waals surface area contributed by atoms with Crippen LogP contribution in [0.4, 0.5) is 0 Å². The number of unbranched alkanes of at least 4 members (excludes halogenated alkanes) is 40. The number of allylic oxidation sites excluding steroid dienone is 10. The van der Waals surface area contributed by atoms with Crippen molar-refractivity contribution >= 4 is 17.9 Å². The van der Waals surface area contributed by atoms with Crippen LogP contribution in [0.1, 0.15) is 348 Å². The summed E-state index contributed by atoms with van der Waals surface area (Å²) in [6.07, 6.45) is 82.8. The fraction of sp³-hybridized carbons (Fsp3) is 0.814. The van der Waals surface area contributed by atoms with Crippen molar-refractivity contribution in [2.45, 2.75) is 354 Å². The molecule has 1 unspecified atom stereocenters. The van der Waals surface area contributed by atoms with Crippen LogP contribution in [0.15, 0.2) is 60.8 Å². The number of ether oxygens (including phenoxy) is 3. The van der Waals surface area contributed by atoms with Crippen LogP contribution in [0.25, 0.3) is 0 Å². The summed E-state index contributed by atoms with van der Waals surface area (Å²) in [6.45, 7) is 6.52. The largest absolute Gasteiger partial charge is 0.462 e. The molecule has 0 aromatic rings. The maximum Gasteiger partial charge on any atom is 0.306 e. The van der Waals surface area contributed by atoms with E-state index >= 15 is 0 Å². The average Bonchev–Trinajstić information content (AvgIpc) is 3.42. The molecule has 0 amide bonds. The lowest BCUT2D eigenvalue weighted by Crippen LogP contribution is -2.30. The van der Waals surface area contributed by atoms with Gasteiger partial charge in [-0.15, -0.1) is 0 Å². The normalized spacial score (nSPS) is 12.4. The average molecular weight is 1060 g/mol. The molecular weight excluding hydrogens is 937 g/mol. The van der Waals surface area contributed by atoms with Gasteiger partial charge in [0.05, 0.1) is 0 Å². The van der Waals surface area contributed by atoms with Crippen molar-refractivity contribution in [3.63, 3.8) is 0 Å². The first kappa shape index (κ1) is 73.1. The molecule has 0 aromatic carbocycles. The van der Waals surface area contributed by atoms with Gasteiger partial charge in [0, 0.05) is 19.3 Å². The lowest BCUT2D eigenvalue weighted by Gasteiger charge is -2.18. The third kappa shape index (κ3) is 62.0. The number of esters is 3. The van der Waals surface area contributed by atoms with Crippen molar-refractivity contribution in [3.05, 3.63) is 60.8 Å². The molecule has 1 atom stereocenters. The van der Waals surface area contributed by atoms with E-state index in [1.165, 1.54) is 225 Å². The van der Waals surface area contributed by atoms with E-state index in [1.807, 2.05) is 0 Å². The van der Waals surface area contributed by atoms with E-state index < -0.39 is 6.10 Å². The van der Waals surface area contributed by atoms with Gasteiger partial charge in [-0.25, -0.2) is 0 Å². The predicted octanol–water partition coefficient (Wildman–Crippen LogP) is 22.7. The zero-order chi connectivity index (χ0) is 55.0. The smallest absolute Gasteiger partial charge is 0.306 e. The highest BCUT2D eigenvalue weighted by atomic mass is 16.6. The van der Waals surface area contributed by atoms with Crippen LogP contribution in [0.2, 0.25) is 0 Å². The topological polar surface area (TPSA) is 78.9 Å². The number of hydrogen-bond donors (Lipinski definition) is 0. The van der Waals surface area contributed by atoms with Crippen LogP contribution >= 0.6 is 0 Å². The fourth-order valence-corrected chi connectivity index (χ4v) is 9.79. The molecular formula is C70H126O6. The van der Waals surface area contributed by atoms with Gasteiger partial charge < -0.3 is 14.2 Å². The van der Waals surface area contributed by atoms with Gasteiger partial charge in [0.2, 0.25) is 0 Å². The van der Waals surface area contributed by atoms with E-state index in [1.54, 1.807) is 0 Å². The molecule has 6 heteroatoms. The molecule has 0 rings (SSSR count). The highest BCUT2D eigenvalue weighted by Gasteiger charge is 2.19. The molecule has 0 heterocycles. The van der Waals surface area contributed by atoms with Gasteiger partial charge in [-0.1, -0.05) is 306 Å². The van der Waals surface area contributed by atoms with Crippen LogP contribution < -0.4 is 0 Å². The third-order valence-corrected chi connectivity index (χ3v) is 14.8. The number of carbonyl (C=O) groups is 3. The van der Waals surface area contributed by atoms with E-state index in [-0.39, 0.29) is 37.5 Å². The fourth-order valence-electron chi connectivity index (χ4n) is 9.79. The van der Waals surface area contributed by atoms with E-state index in [0.717, 1.165) is 77.0 Å². The van der Waals surface area contributed by atoms with Gasteiger partial charge in [0.1, 0.15) is 13.2 Å². The molecule has 0 fully saturated rings. The molecule has 0 radical (unpaired) electrons. The lowest BCUT2D eigenvalue weighted by molar-refractivity contribution is -0.167. The molecule has 0 N–H and O–H groups in total. The number of hydrogen-bond acceptors (Lipinski definition) is 6. The molecule has 0 bridgehead atoms. The van der Waals surface area contributed by atoms with Gasteiger partial charge >= 0.3 is 17.9 Å². The van der Waals surface area contributed by atoms with E-state index in [4.69, 9.17) is 14.2 Å². The summed E-state index contributed by atoms with van der Waals surface area (Å²) >= 11 is 0. The van der Waals surface area contributed by atoms with Crippen molar-refractivity contribution in [2.24, 2.45) is 0 Å². The minimum Gasteiger partial charge on any atom is -0.462 e. The first-order valence-electron chi connectivity index (χ1n) is 33.3. The molecule has 0 aliphatic heterocycles. The summed E-state index contributed by atoms with van der Waals surface area (Å²) in [7, 11) is 0. The van der Waals surface area contributed by atoms with Gasteiger partial charge in [0.25, 0.3) is 0 Å². The predicted molar refractivity (Wildman–Crippen MR) is 330 cm³/mol. The molecule has 0 aliphatic carbocycles. The molecule has 0 saturated carbocycles. The Morgan fingerprint density at radius 1 is 0.276 bits per heavy atom. The van der Waals surface area contributed by atoms with Crippen molar-refractivity contribution in [2.75, 3.05) is 13.2 Å². The Bertz CT molecular complexity index is 1360. The van der Waals surface area contributed by atoms with Crippen LogP contribution in [0.5, 0.6) is 0 Å². The summed E-state index contributed by atoms with van der Waals surface area (Å²) < 4.78 is 16.8. The minimum absolute atomic E-state index is 0.0869. The van der Waals surface area contributed by atoms with Crippen molar-refractivity contribution in [3.8, 4) is 0 Å². The van der Waals surface area contributed by atoms with Crippen LogP contribution in [-0.2, 0) is 28.6 Å². The lowest BCUT2D eigenvalue weighted by atomic mass is 10.0. The van der Waals surface area contributed by atoms with Crippen LogP contribution in [-0.4, -0.2) is 37.2 Å². The molecule has 0 saturated heterocycles. The third-order valence-electron chi connectivity index (χ3n) is 14.8. The number of carbonyl (C=O) groups excluding carboxylic acids is 3. The standard InChI is InChI=1S/C70H126O6/c1-4-7-10-13-16-19-22-24-26-27-28-29-30-31-32-33-34-35-36-37-38-39-40-41-42-43-45-46-48-51-54-57-60-63-69(72)75-66-67(65-74-68(71)62-59-56-53-50-21-18-15-12-9-6-3)76-70(73)64-61-58-55-52-49-47-44-25-23-20-17-14-11-8-5-2/h8,11,17,20,25,27-28,44,49,52,67H,4-7,9-10,12-16,18-19,21-24,26,29-43,45-48,50-51,53-66H2,1-3H3/b11-8-,20-17-,28-27-,44-25-,52-49-. The molecule has 6 nitrogen and oxygen atoms in total. The molecule has 0 aromatic heterocycles. The van der Waals surface area contributed by atoms with E-state index in [2.05, 4.69) is 81.5 Å². The molecule has 0 spiro atoms. The Balaban J connectivity index is 4.06. The van der Waals surface area contributed by atoms with Crippen molar-refractivity contribution in [1.29, 1.82) is 0 Å². The monoisotopic (exact) mass is 1060 g/mol. The van der Waals surface area contributed by atoms with E-state index in [9.17, 15) is 14.4 Å². The second-order valence-corrected chi connectivity index (χ2v) is 22.4. The quantitative estimate of drug-likeness (QED) is 0.0261.